The monoisotopic (exact) mass is 478 g/mol. The predicted molar refractivity (Wildman–Crippen MR) is 124 cm³/mol. The first-order valence-electron chi connectivity index (χ1n) is 9.44. The molecule has 156 valence electrons. The second-order valence-corrected chi connectivity index (χ2v) is 7.58. The number of anilines is 2. The van der Waals surface area contributed by atoms with E-state index in [1.54, 1.807) is 21.7 Å². The standard InChI is InChI=1S/C22H19BrN6O2/c1-2-18(31)28(15-6-4-3-5-7-15)10-11-29-22-19(21(24)25-13-26-22)20(27-29)14-8-9-16(23)17(30)12-14/h2-9,12-13,30H,1,10-11H2,(H2,24,25,26). The lowest BCUT2D eigenvalue weighted by molar-refractivity contribution is -0.114. The summed E-state index contributed by atoms with van der Waals surface area (Å²) < 4.78 is 2.26. The summed E-state index contributed by atoms with van der Waals surface area (Å²) >= 11 is 3.28. The molecule has 31 heavy (non-hydrogen) atoms. The van der Waals surface area contributed by atoms with Gasteiger partial charge in [-0.05, 0) is 46.3 Å². The van der Waals surface area contributed by atoms with Crippen LogP contribution in [-0.4, -0.2) is 37.3 Å². The van der Waals surface area contributed by atoms with Crippen LogP contribution in [0.25, 0.3) is 22.3 Å². The van der Waals surface area contributed by atoms with E-state index in [-0.39, 0.29) is 17.5 Å². The summed E-state index contributed by atoms with van der Waals surface area (Å²) in [6, 6.07) is 14.5. The number of benzene rings is 2. The van der Waals surface area contributed by atoms with Crippen LogP contribution in [0.4, 0.5) is 11.5 Å². The number of amides is 1. The highest BCUT2D eigenvalue weighted by Crippen LogP contribution is 2.34. The van der Waals surface area contributed by atoms with Gasteiger partial charge < -0.3 is 15.7 Å². The van der Waals surface area contributed by atoms with E-state index in [1.807, 2.05) is 36.4 Å². The summed E-state index contributed by atoms with van der Waals surface area (Å²) in [6.07, 6.45) is 2.66. The summed E-state index contributed by atoms with van der Waals surface area (Å²) in [5, 5.41) is 15.4. The minimum atomic E-state index is -0.213. The fourth-order valence-electron chi connectivity index (χ4n) is 3.33. The quantitative estimate of drug-likeness (QED) is 0.408. The SMILES string of the molecule is C=CC(=O)N(CCn1nc(-c2ccc(Br)c(O)c2)c2c(N)ncnc21)c1ccccc1. The number of carbonyl (C=O) groups is 1. The molecule has 0 atom stereocenters. The second kappa shape index (κ2) is 8.57. The fraction of sp³-hybridized carbons (Fsp3) is 0.0909. The van der Waals surface area contributed by atoms with Gasteiger partial charge in [0.1, 0.15) is 23.6 Å². The molecule has 2 aromatic heterocycles. The number of hydrogen-bond acceptors (Lipinski definition) is 6. The number of halogens is 1. The lowest BCUT2D eigenvalue weighted by atomic mass is 10.1. The number of rotatable bonds is 6. The summed E-state index contributed by atoms with van der Waals surface area (Å²) in [7, 11) is 0. The van der Waals surface area contributed by atoms with E-state index < -0.39 is 0 Å². The zero-order valence-electron chi connectivity index (χ0n) is 16.4. The molecule has 3 N–H and O–H groups in total. The first-order valence-corrected chi connectivity index (χ1v) is 10.2. The van der Waals surface area contributed by atoms with Crippen molar-refractivity contribution in [3.05, 3.63) is 72.0 Å². The predicted octanol–water partition coefficient (Wildman–Crippen LogP) is 3.76. The Morgan fingerprint density at radius 3 is 2.71 bits per heavy atom. The van der Waals surface area contributed by atoms with Crippen molar-refractivity contribution in [3.63, 3.8) is 0 Å². The van der Waals surface area contributed by atoms with Gasteiger partial charge in [0.25, 0.3) is 0 Å². The number of carbonyl (C=O) groups excluding carboxylic acids is 1. The van der Waals surface area contributed by atoms with Crippen LogP contribution in [-0.2, 0) is 11.3 Å². The Kier molecular flexibility index (Phi) is 5.68. The third kappa shape index (κ3) is 3.99. The molecule has 2 aromatic carbocycles. The highest BCUT2D eigenvalue weighted by Gasteiger charge is 2.19. The molecule has 0 bridgehead atoms. The van der Waals surface area contributed by atoms with Gasteiger partial charge in [0.15, 0.2) is 5.65 Å². The topological polar surface area (TPSA) is 110 Å². The number of aromatic hydroxyl groups is 1. The van der Waals surface area contributed by atoms with Crippen molar-refractivity contribution in [1.29, 1.82) is 0 Å². The van der Waals surface area contributed by atoms with Gasteiger partial charge in [0.2, 0.25) is 5.91 Å². The number of para-hydroxylation sites is 1. The number of phenolic OH excluding ortho intramolecular Hbond substituents is 1. The summed E-state index contributed by atoms with van der Waals surface area (Å²) in [5.74, 6) is 0.160. The maximum Gasteiger partial charge on any atom is 0.250 e. The van der Waals surface area contributed by atoms with Crippen molar-refractivity contribution < 1.29 is 9.90 Å². The summed E-state index contributed by atoms with van der Waals surface area (Å²) in [4.78, 5) is 22.5. The van der Waals surface area contributed by atoms with Crippen molar-refractivity contribution in [2.75, 3.05) is 17.2 Å². The van der Waals surface area contributed by atoms with Crippen LogP contribution in [0.15, 0.2) is 72.0 Å². The average Bonchev–Trinajstić information content (AvgIpc) is 3.16. The molecule has 1 amide bonds. The molecular formula is C22H19BrN6O2. The molecule has 9 heteroatoms. The lowest BCUT2D eigenvalue weighted by Gasteiger charge is -2.21. The number of nitrogens with zero attached hydrogens (tertiary/aromatic N) is 5. The number of fused-ring (bicyclic) bond motifs is 1. The Bertz CT molecular complexity index is 1270. The Labute approximate surface area is 186 Å². The molecule has 0 aliphatic heterocycles. The van der Waals surface area contributed by atoms with E-state index in [2.05, 4.69) is 37.6 Å². The molecule has 0 radical (unpaired) electrons. The van der Waals surface area contributed by atoms with E-state index >= 15 is 0 Å². The van der Waals surface area contributed by atoms with E-state index in [0.29, 0.717) is 39.9 Å². The lowest BCUT2D eigenvalue weighted by Crippen LogP contribution is -2.32. The summed E-state index contributed by atoms with van der Waals surface area (Å²) in [5.41, 5.74) is 8.67. The third-order valence-corrected chi connectivity index (χ3v) is 5.49. The van der Waals surface area contributed by atoms with Gasteiger partial charge in [-0.1, -0.05) is 30.8 Å². The molecule has 4 rings (SSSR count). The van der Waals surface area contributed by atoms with Crippen molar-refractivity contribution in [1.82, 2.24) is 19.7 Å². The van der Waals surface area contributed by atoms with Gasteiger partial charge in [-0.15, -0.1) is 0 Å². The van der Waals surface area contributed by atoms with Gasteiger partial charge in [0, 0.05) is 17.8 Å². The number of hydrogen-bond donors (Lipinski definition) is 2. The number of phenols is 1. The van der Waals surface area contributed by atoms with Crippen LogP contribution in [0.1, 0.15) is 0 Å². The first-order chi connectivity index (χ1) is 15.0. The van der Waals surface area contributed by atoms with Crippen molar-refractivity contribution in [2.45, 2.75) is 6.54 Å². The third-order valence-electron chi connectivity index (χ3n) is 4.82. The molecule has 0 spiro atoms. The summed E-state index contributed by atoms with van der Waals surface area (Å²) in [6.45, 7) is 4.32. The van der Waals surface area contributed by atoms with E-state index in [0.717, 1.165) is 5.69 Å². The number of aromatic nitrogens is 4. The minimum absolute atomic E-state index is 0.0856. The largest absolute Gasteiger partial charge is 0.507 e. The van der Waals surface area contributed by atoms with Gasteiger partial charge in [-0.25, -0.2) is 14.6 Å². The minimum Gasteiger partial charge on any atom is -0.507 e. The van der Waals surface area contributed by atoms with E-state index in [4.69, 9.17) is 5.73 Å². The molecule has 0 aliphatic carbocycles. The van der Waals surface area contributed by atoms with Gasteiger partial charge in [-0.2, -0.15) is 5.10 Å². The molecule has 2 heterocycles. The maximum absolute atomic E-state index is 12.4. The van der Waals surface area contributed by atoms with Crippen molar-refractivity contribution >= 4 is 44.4 Å². The Hall–Kier alpha value is -3.72. The smallest absolute Gasteiger partial charge is 0.250 e. The Morgan fingerprint density at radius 1 is 1.23 bits per heavy atom. The van der Waals surface area contributed by atoms with Crippen LogP contribution in [0, 0.1) is 0 Å². The number of nitrogen functional groups attached to an aromatic ring is 1. The van der Waals surface area contributed by atoms with Crippen molar-refractivity contribution in [2.24, 2.45) is 0 Å². The zero-order chi connectivity index (χ0) is 22.0. The van der Waals surface area contributed by atoms with Crippen LogP contribution in [0.3, 0.4) is 0 Å². The zero-order valence-corrected chi connectivity index (χ0v) is 18.0. The van der Waals surface area contributed by atoms with Crippen LogP contribution in [0.2, 0.25) is 0 Å². The normalized spacial score (nSPS) is 10.9. The van der Waals surface area contributed by atoms with Crippen LogP contribution >= 0.6 is 15.9 Å². The highest BCUT2D eigenvalue weighted by atomic mass is 79.9. The molecule has 0 saturated carbocycles. The molecular weight excluding hydrogens is 460 g/mol. The molecule has 0 fully saturated rings. The average molecular weight is 479 g/mol. The maximum atomic E-state index is 12.4. The fourth-order valence-corrected chi connectivity index (χ4v) is 3.57. The molecule has 4 aromatic rings. The molecule has 0 unspecified atom stereocenters. The molecule has 8 nitrogen and oxygen atoms in total. The highest BCUT2D eigenvalue weighted by molar-refractivity contribution is 9.10. The first kappa shape index (κ1) is 20.5. The Morgan fingerprint density at radius 2 is 2.00 bits per heavy atom. The van der Waals surface area contributed by atoms with Crippen molar-refractivity contribution in [3.8, 4) is 17.0 Å². The molecule has 0 saturated heterocycles. The second-order valence-electron chi connectivity index (χ2n) is 6.73. The van der Waals surface area contributed by atoms with Crippen LogP contribution < -0.4 is 10.6 Å². The molecule has 0 aliphatic rings. The van der Waals surface area contributed by atoms with E-state index in [9.17, 15) is 9.90 Å². The van der Waals surface area contributed by atoms with Crippen LogP contribution in [0.5, 0.6) is 5.75 Å². The Balaban J connectivity index is 1.74. The van der Waals surface area contributed by atoms with Gasteiger partial charge in [-0.3, -0.25) is 4.79 Å². The van der Waals surface area contributed by atoms with Gasteiger partial charge in [0.05, 0.1) is 16.4 Å². The number of nitrogens with two attached hydrogens (primary N) is 1. The van der Waals surface area contributed by atoms with Gasteiger partial charge >= 0.3 is 0 Å². The van der Waals surface area contributed by atoms with E-state index in [1.165, 1.54) is 12.4 Å².